The molecule has 1 saturated heterocycles. The van der Waals surface area contributed by atoms with Crippen molar-refractivity contribution in [3.63, 3.8) is 0 Å². The molecule has 5 aliphatic rings. The number of carbonyl (C=O) groups is 1. The van der Waals surface area contributed by atoms with Gasteiger partial charge in [-0.05, 0) is 62.8 Å². The van der Waals surface area contributed by atoms with Gasteiger partial charge in [0.1, 0.15) is 0 Å². The lowest BCUT2D eigenvalue weighted by molar-refractivity contribution is -0.137. The van der Waals surface area contributed by atoms with Gasteiger partial charge in [-0.3, -0.25) is 4.79 Å². The van der Waals surface area contributed by atoms with Gasteiger partial charge < -0.3 is 20.6 Å². The Morgan fingerprint density at radius 3 is 2.68 bits per heavy atom. The Morgan fingerprint density at radius 1 is 1.36 bits per heavy atom. The summed E-state index contributed by atoms with van der Waals surface area (Å²) in [6.45, 7) is 1.72. The Morgan fingerprint density at radius 2 is 2.07 bits per heavy atom. The first-order valence-corrected chi connectivity index (χ1v) is 10.5. The van der Waals surface area contributed by atoms with Crippen LogP contribution in [0.4, 0.5) is 10.2 Å². The van der Waals surface area contributed by atoms with Gasteiger partial charge in [0.25, 0.3) is 5.91 Å². The zero-order valence-corrected chi connectivity index (χ0v) is 16.6. The Bertz CT molecular complexity index is 774. The average Bonchev–Trinajstić information content (AvgIpc) is 3.24. The standard InChI is InChI=1S/C20H30FN5O2/c1-25(14-3-4-22-10-14)19-15(21)17(24-26(19)2)18(27)23-16-12-5-11-6-13(16)9-20(28,7-11)8-12/h11-14,16,22,28H,3-10H2,1-2H3,(H,23,27)/t11?,12?,13?,14-,16-,20-/m0/s1. The monoisotopic (exact) mass is 391 g/mol. The van der Waals surface area contributed by atoms with E-state index in [1.807, 2.05) is 11.9 Å². The molecule has 1 amide bonds. The van der Waals surface area contributed by atoms with Crippen LogP contribution in [0.2, 0.25) is 0 Å². The highest BCUT2D eigenvalue weighted by Crippen LogP contribution is 2.55. The molecule has 3 N–H and O–H groups in total. The minimum Gasteiger partial charge on any atom is -0.390 e. The van der Waals surface area contributed by atoms with Gasteiger partial charge in [0, 0.05) is 32.7 Å². The maximum Gasteiger partial charge on any atom is 0.275 e. The van der Waals surface area contributed by atoms with Crippen LogP contribution in [0.1, 0.15) is 49.0 Å². The fourth-order valence-electron chi connectivity index (χ4n) is 6.60. The summed E-state index contributed by atoms with van der Waals surface area (Å²) >= 11 is 0. The topological polar surface area (TPSA) is 82.4 Å². The van der Waals surface area contributed by atoms with E-state index in [0.29, 0.717) is 23.6 Å². The molecular weight excluding hydrogens is 361 g/mol. The van der Waals surface area contributed by atoms with Crippen LogP contribution in [0.15, 0.2) is 0 Å². The molecule has 1 aromatic rings. The molecule has 2 unspecified atom stereocenters. The van der Waals surface area contributed by atoms with Gasteiger partial charge in [0.15, 0.2) is 17.3 Å². The summed E-state index contributed by atoms with van der Waals surface area (Å²) in [5, 5.41) is 21.3. The molecule has 0 spiro atoms. The largest absolute Gasteiger partial charge is 0.390 e. The number of nitrogens with zero attached hydrogens (tertiary/aromatic N) is 3. The summed E-state index contributed by atoms with van der Waals surface area (Å²) in [5.74, 6) is 0.539. The number of rotatable bonds is 4. The van der Waals surface area contributed by atoms with E-state index in [2.05, 4.69) is 15.7 Å². The van der Waals surface area contributed by atoms with Crippen LogP contribution in [-0.2, 0) is 7.05 Å². The molecule has 5 fully saturated rings. The van der Waals surface area contributed by atoms with Gasteiger partial charge >= 0.3 is 0 Å². The second-order valence-corrected chi connectivity index (χ2v) is 9.56. The molecule has 2 heterocycles. The molecule has 6 rings (SSSR count). The first-order chi connectivity index (χ1) is 13.3. The Labute approximate surface area is 164 Å². The molecule has 0 aromatic carbocycles. The van der Waals surface area contributed by atoms with Crippen LogP contribution < -0.4 is 15.5 Å². The average molecular weight is 391 g/mol. The molecule has 28 heavy (non-hydrogen) atoms. The van der Waals surface area contributed by atoms with E-state index in [1.165, 1.54) is 4.68 Å². The number of aromatic nitrogens is 2. The van der Waals surface area contributed by atoms with Crippen molar-refractivity contribution < 1.29 is 14.3 Å². The van der Waals surface area contributed by atoms with Crippen molar-refractivity contribution >= 4 is 11.7 Å². The predicted octanol–water partition coefficient (Wildman–Crippen LogP) is 1.03. The van der Waals surface area contributed by atoms with E-state index in [1.54, 1.807) is 7.05 Å². The van der Waals surface area contributed by atoms with Crippen LogP contribution >= 0.6 is 0 Å². The summed E-state index contributed by atoms with van der Waals surface area (Å²) in [6.07, 6.45) is 5.45. The van der Waals surface area contributed by atoms with E-state index in [-0.39, 0.29) is 17.8 Å². The number of aryl methyl sites for hydroxylation is 1. The summed E-state index contributed by atoms with van der Waals surface area (Å²) in [4.78, 5) is 14.8. The first-order valence-electron chi connectivity index (χ1n) is 10.5. The van der Waals surface area contributed by atoms with E-state index >= 15 is 4.39 Å². The van der Waals surface area contributed by atoms with Crippen LogP contribution in [0.5, 0.6) is 0 Å². The second-order valence-electron chi connectivity index (χ2n) is 9.56. The van der Waals surface area contributed by atoms with E-state index in [9.17, 15) is 9.90 Å². The number of amides is 1. The molecular formula is C20H30FN5O2. The van der Waals surface area contributed by atoms with Gasteiger partial charge in [0.2, 0.25) is 0 Å². The SMILES string of the molecule is CN(c1c(F)c(C(=O)N[C@H]2C3CC4CC2C[C@](O)(C4)C3)nn1C)[C@H]1CCNC1. The third kappa shape index (κ3) is 2.84. The van der Waals surface area contributed by atoms with Gasteiger partial charge in [-0.1, -0.05) is 0 Å². The summed E-state index contributed by atoms with van der Waals surface area (Å²) < 4.78 is 16.7. The molecule has 8 heteroatoms. The van der Waals surface area contributed by atoms with Gasteiger partial charge in [0.05, 0.1) is 5.60 Å². The fourth-order valence-corrected chi connectivity index (χ4v) is 6.60. The molecule has 1 aliphatic heterocycles. The number of anilines is 1. The van der Waals surface area contributed by atoms with E-state index in [0.717, 1.165) is 51.6 Å². The lowest BCUT2D eigenvalue weighted by Gasteiger charge is -2.58. The van der Waals surface area contributed by atoms with Crippen LogP contribution in [0, 0.1) is 23.6 Å². The molecule has 0 radical (unpaired) electrons. The number of halogens is 1. The third-order valence-corrected chi connectivity index (χ3v) is 7.63. The van der Waals surface area contributed by atoms with Crippen molar-refractivity contribution in [1.82, 2.24) is 20.4 Å². The Hall–Kier alpha value is -1.67. The van der Waals surface area contributed by atoms with Crippen LogP contribution in [0.25, 0.3) is 0 Å². The van der Waals surface area contributed by atoms with Crippen molar-refractivity contribution in [2.24, 2.45) is 24.8 Å². The van der Waals surface area contributed by atoms with Gasteiger partial charge in [-0.25, -0.2) is 9.07 Å². The Kier molecular flexibility index (Phi) is 4.21. The number of likely N-dealkylation sites (N-methyl/N-ethyl adjacent to an activating group) is 1. The van der Waals surface area contributed by atoms with Crippen molar-refractivity contribution in [3.05, 3.63) is 11.5 Å². The Balaban J connectivity index is 1.34. The molecule has 1 aromatic heterocycles. The van der Waals surface area contributed by atoms with Crippen LogP contribution in [-0.4, -0.2) is 58.6 Å². The first kappa shape index (κ1) is 18.4. The fraction of sp³-hybridized carbons (Fsp3) is 0.800. The minimum absolute atomic E-state index is 0.0194. The number of aliphatic hydroxyl groups is 1. The number of hydrogen-bond donors (Lipinski definition) is 3. The quantitative estimate of drug-likeness (QED) is 0.714. The molecule has 7 nitrogen and oxygen atoms in total. The summed E-state index contributed by atoms with van der Waals surface area (Å²) in [5.41, 5.74) is -0.665. The minimum atomic E-state index is -0.545. The summed E-state index contributed by atoms with van der Waals surface area (Å²) in [6, 6.07) is 0.219. The zero-order chi connectivity index (χ0) is 19.6. The lowest BCUT2D eigenvalue weighted by Crippen LogP contribution is -2.61. The highest BCUT2D eigenvalue weighted by molar-refractivity contribution is 5.93. The van der Waals surface area contributed by atoms with Crippen molar-refractivity contribution in [1.29, 1.82) is 0 Å². The predicted molar refractivity (Wildman–Crippen MR) is 103 cm³/mol. The van der Waals surface area contributed by atoms with E-state index in [4.69, 9.17) is 0 Å². The lowest BCUT2D eigenvalue weighted by atomic mass is 9.52. The van der Waals surface area contributed by atoms with Crippen molar-refractivity contribution in [2.75, 3.05) is 25.0 Å². The van der Waals surface area contributed by atoms with Crippen molar-refractivity contribution in [3.8, 4) is 0 Å². The van der Waals surface area contributed by atoms with Crippen LogP contribution in [0.3, 0.4) is 0 Å². The molecule has 4 bridgehead atoms. The zero-order valence-electron chi connectivity index (χ0n) is 16.6. The molecule has 4 aliphatic carbocycles. The molecule has 3 atom stereocenters. The second kappa shape index (κ2) is 6.42. The molecule has 4 saturated carbocycles. The number of carbonyl (C=O) groups excluding carboxylic acids is 1. The number of nitrogens with one attached hydrogen (secondary N) is 2. The van der Waals surface area contributed by atoms with Gasteiger partial charge in [-0.2, -0.15) is 5.10 Å². The van der Waals surface area contributed by atoms with Crippen molar-refractivity contribution in [2.45, 2.75) is 56.2 Å². The number of hydrogen-bond acceptors (Lipinski definition) is 5. The van der Waals surface area contributed by atoms with E-state index < -0.39 is 17.3 Å². The molecule has 154 valence electrons. The highest BCUT2D eigenvalue weighted by Gasteiger charge is 2.55. The maximum absolute atomic E-state index is 15.2. The maximum atomic E-state index is 15.2. The summed E-state index contributed by atoms with van der Waals surface area (Å²) in [7, 11) is 3.55. The highest BCUT2D eigenvalue weighted by atomic mass is 19.1. The smallest absolute Gasteiger partial charge is 0.275 e. The third-order valence-electron chi connectivity index (χ3n) is 7.63. The van der Waals surface area contributed by atoms with Gasteiger partial charge in [-0.15, -0.1) is 0 Å². The normalized spacial score (nSPS) is 38.8.